The number of carboxylic acid groups (broad SMARTS) is 1. The monoisotopic (exact) mass is 488 g/mol. The molecule has 1 heterocycles. The first-order valence-corrected chi connectivity index (χ1v) is 13.0. The smallest absolute Gasteiger partial charge is 0.326 e. The number of aromatic amines is 1. The highest BCUT2D eigenvalue weighted by atomic mass is 16.4. The Labute approximate surface area is 215 Å². The summed E-state index contributed by atoms with van der Waals surface area (Å²) < 4.78 is 0. The Balaban J connectivity index is 1.65. The quantitative estimate of drug-likeness (QED) is 0.125. The zero-order valence-electron chi connectivity index (χ0n) is 21.4. The number of amides is 1. The molecule has 192 valence electrons. The lowest BCUT2D eigenvalue weighted by atomic mass is 10.0. The number of aliphatic carboxylic acids is 1. The average molecular weight is 489 g/mol. The molecule has 0 spiro atoms. The van der Waals surface area contributed by atoms with E-state index in [1.807, 2.05) is 54.6 Å². The molecule has 5 heteroatoms. The van der Waals surface area contributed by atoms with E-state index in [4.69, 9.17) is 0 Å². The summed E-state index contributed by atoms with van der Waals surface area (Å²) in [5.74, 6) is -1.51. The predicted octanol–water partition coefficient (Wildman–Crippen LogP) is 7.20. The van der Waals surface area contributed by atoms with Crippen molar-refractivity contribution in [3.63, 3.8) is 0 Å². The molecule has 2 rings (SSSR count). The van der Waals surface area contributed by atoms with Gasteiger partial charge in [0, 0.05) is 29.6 Å². The summed E-state index contributed by atoms with van der Waals surface area (Å²) in [6.07, 6.45) is 31.0. The SMILES string of the molecule is CCCCCCCCCC=CC=CC=CC=CC=CC(=O)N[C@@H](Cc1c[nH]c2ccccc12)C(=O)O. The van der Waals surface area contributed by atoms with Crippen molar-refractivity contribution in [2.45, 2.75) is 70.8 Å². The number of benzene rings is 1. The lowest BCUT2D eigenvalue weighted by Crippen LogP contribution is -2.41. The lowest BCUT2D eigenvalue weighted by molar-refractivity contribution is -0.141. The van der Waals surface area contributed by atoms with Gasteiger partial charge in [0.15, 0.2) is 0 Å². The summed E-state index contributed by atoms with van der Waals surface area (Å²) in [6, 6.07) is 6.68. The molecule has 0 aliphatic heterocycles. The molecule has 1 atom stereocenters. The van der Waals surface area contributed by atoms with Crippen molar-refractivity contribution in [3.8, 4) is 0 Å². The first-order chi connectivity index (χ1) is 17.6. The Morgan fingerprint density at radius 3 is 2.25 bits per heavy atom. The zero-order valence-corrected chi connectivity index (χ0v) is 21.4. The molecule has 0 radical (unpaired) electrons. The normalized spacial score (nSPS) is 13.2. The summed E-state index contributed by atoms with van der Waals surface area (Å²) in [6.45, 7) is 2.25. The minimum atomic E-state index is -1.07. The van der Waals surface area contributed by atoms with Gasteiger partial charge < -0.3 is 15.4 Å². The fourth-order valence-corrected chi connectivity index (χ4v) is 3.86. The van der Waals surface area contributed by atoms with Crippen molar-refractivity contribution in [2.75, 3.05) is 0 Å². The zero-order chi connectivity index (χ0) is 25.8. The number of carboxylic acids is 1. The highest BCUT2D eigenvalue weighted by molar-refractivity contribution is 5.92. The van der Waals surface area contributed by atoms with E-state index in [2.05, 4.69) is 29.4 Å². The van der Waals surface area contributed by atoms with Crippen LogP contribution in [0.1, 0.15) is 63.9 Å². The first-order valence-electron chi connectivity index (χ1n) is 13.0. The van der Waals surface area contributed by atoms with Crippen LogP contribution in [-0.2, 0) is 16.0 Å². The number of fused-ring (bicyclic) bond motifs is 1. The number of allylic oxidation sites excluding steroid dienone is 9. The number of carbonyl (C=O) groups excluding carboxylic acids is 1. The molecule has 0 saturated carbocycles. The molecule has 36 heavy (non-hydrogen) atoms. The molecule has 0 unspecified atom stereocenters. The number of aromatic nitrogens is 1. The highest BCUT2D eigenvalue weighted by Crippen LogP contribution is 2.19. The third kappa shape index (κ3) is 11.7. The molecule has 0 aliphatic carbocycles. The van der Waals surface area contributed by atoms with Gasteiger partial charge >= 0.3 is 5.97 Å². The molecule has 0 bridgehead atoms. The van der Waals surface area contributed by atoms with Gasteiger partial charge in [0.05, 0.1) is 0 Å². The molecular formula is C31H40N2O3. The third-order valence-electron chi connectivity index (χ3n) is 5.85. The van der Waals surface area contributed by atoms with E-state index < -0.39 is 17.9 Å². The van der Waals surface area contributed by atoms with E-state index in [0.29, 0.717) is 0 Å². The molecule has 5 nitrogen and oxygen atoms in total. The lowest BCUT2D eigenvalue weighted by Gasteiger charge is -2.12. The number of hydrogen-bond donors (Lipinski definition) is 3. The fourth-order valence-electron chi connectivity index (χ4n) is 3.86. The van der Waals surface area contributed by atoms with Crippen molar-refractivity contribution in [1.82, 2.24) is 10.3 Å². The van der Waals surface area contributed by atoms with Crippen LogP contribution in [0.4, 0.5) is 0 Å². The maximum atomic E-state index is 12.2. The van der Waals surface area contributed by atoms with Gasteiger partial charge in [-0.15, -0.1) is 0 Å². The maximum absolute atomic E-state index is 12.2. The standard InChI is InChI=1S/C31H40N2O3/c1-2-3-4-5-6-7-8-9-10-11-12-13-14-15-16-17-18-23-30(34)33-29(31(35)36)24-26-25-32-28-22-20-19-21-27(26)28/h10-23,25,29,32H,2-9,24H2,1H3,(H,33,34)(H,35,36)/t29-/m0/s1. The van der Waals surface area contributed by atoms with Crippen LogP contribution in [0, 0.1) is 0 Å². The second-order valence-corrected chi connectivity index (χ2v) is 8.81. The van der Waals surface area contributed by atoms with Crippen molar-refractivity contribution in [1.29, 1.82) is 0 Å². The molecule has 2 aromatic rings. The largest absolute Gasteiger partial charge is 0.480 e. The Morgan fingerprint density at radius 2 is 1.53 bits per heavy atom. The molecule has 1 amide bonds. The van der Waals surface area contributed by atoms with Crippen LogP contribution >= 0.6 is 0 Å². The summed E-state index contributed by atoms with van der Waals surface area (Å²) in [4.78, 5) is 26.9. The molecule has 0 saturated heterocycles. The second-order valence-electron chi connectivity index (χ2n) is 8.81. The van der Waals surface area contributed by atoms with E-state index >= 15 is 0 Å². The molecule has 0 fully saturated rings. The Hall–Kier alpha value is -3.60. The Morgan fingerprint density at radius 1 is 0.889 bits per heavy atom. The average Bonchev–Trinajstić information content (AvgIpc) is 3.28. The third-order valence-corrected chi connectivity index (χ3v) is 5.85. The van der Waals surface area contributed by atoms with Crippen LogP contribution < -0.4 is 5.32 Å². The number of nitrogens with one attached hydrogen (secondary N) is 2. The highest BCUT2D eigenvalue weighted by Gasteiger charge is 2.20. The van der Waals surface area contributed by atoms with Gasteiger partial charge in [-0.1, -0.05) is 118 Å². The summed E-state index contributed by atoms with van der Waals surface area (Å²) in [7, 11) is 0. The van der Waals surface area contributed by atoms with Crippen LogP contribution in [0.3, 0.4) is 0 Å². The number of unbranched alkanes of at least 4 members (excludes halogenated alkanes) is 7. The van der Waals surface area contributed by atoms with Crippen molar-refractivity contribution in [2.24, 2.45) is 0 Å². The first kappa shape index (κ1) is 28.6. The van der Waals surface area contributed by atoms with Gasteiger partial charge in [0.2, 0.25) is 5.91 Å². The van der Waals surface area contributed by atoms with Crippen molar-refractivity contribution in [3.05, 3.63) is 96.8 Å². The van der Waals surface area contributed by atoms with E-state index in [0.717, 1.165) is 22.9 Å². The van der Waals surface area contributed by atoms with E-state index in [1.54, 1.807) is 18.3 Å². The fraction of sp³-hybridized carbons (Fsp3) is 0.355. The van der Waals surface area contributed by atoms with E-state index in [1.165, 1.54) is 51.0 Å². The van der Waals surface area contributed by atoms with Crippen LogP contribution in [0.2, 0.25) is 0 Å². The van der Waals surface area contributed by atoms with Gasteiger partial charge in [-0.3, -0.25) is 4.79 Å². The Kier molecular flexibility index (Phi) is 14.1. The van der Waals surface area contributed by atoms with E-state index in [9.17, 15) is 14.7 Å². The summed E-state index contributed by atoms with van der Waals surface area (Å²) >= 11 is 0. The molecule has 3 N–H and O–H groups in total. The maximum Gasteiger partial charge on any atom is 0.326 e. The number of rotatable bonds is 17. The van der Waals surface area contributed by atoms with Crippen molar-refractivity contribution >= 4 is 22.8 Å². The summed E-state index contributed by atoms with van der Waals surface area (Å²) in [5, 5.41) is 13.1. The van der Waals surface area contributed by atoms with Crippen LogP contribution in [0.25, 0.3) is 10.9 Å². The van der Waals surface area contributed by atoms with Crippen molar-refractivity contribution < 1.29 is 14.7 Å². The van der Waals surface area contributed by atoms with Gasteiger partial charge in [-0.05, 0) is 24.5 Å². The van der Waals surface area contributed by atoms with E-state index in [-0.39, 0.29) is 6.42 Å². The molecular weight excluding hydrogens is 448 g/mol. The number of para-hydroxylation sites is 1. The second kappa shape index (κ2) is 17.8. The molecule has 1 aromatic carbocycles. The number of carbonyl (C=O) groups is 2. The van der Waals surface area contributed by atoms with Crippen LogP contribution in [0.15, 0.2) is 91.2 Å². The van der Waals surface area contributed by atoms with Gasteiger partial charge in [0.25, 0.3) is 0 Å². The van der Waals surface area contributed by atoms with Crippen LogP contribution in [0.5, 0.6) is 0 Å². The van der Waals surface area contributed by atoms with Gasteiger partial charge in [-0.25, -0.2) is 4.79 Å². The minimum Gasteiger partial charge on any atom is -0.480 e. The van der Waals surface area contributed by atoms with Gasteiger partial charge in [-0.2, -0.15) is 0 Å². The van der Waals surface area contributed by atoms with Gasteiger partial charge in [0.1, 0.15) is 6.04 Å². The Bertz CT molecular complexity index is 1070. The predicted molar refractivity (Wildman–Crippen MR) is 150 cm³/mol. The number of hydrogen-bond acceptors (Lipinski definition) is 2. The number of H-pyrrole nitrogens is 1. The molecule has 0 aliphatic rings. The molecule has 1 aromatic heterocycles. The topological polar surface area (TPSA) is 82.2 Å². The minimum absolute atomic E-state index is 0.206. The van der Waals surface area contributed by atoms with Crippen LogP contribution in [-0.4, -0.2) is 28.0 Å². The summed E-state index contributed by atoms with van der Waals surface area (Å²) in [5.41, 5.74) is 1.79.